The average Bonchev–Trinajstić information content (AvgIpc) is 1.99. The number of hydrogen-bond acceptors (Lipinski definition) is 3. The number of morpholine rings is 1. The summed E-state index contributed by atoms with van der Waals surface area (Å²) in [5, 5.41) is 3.52. The third-order valence-corrected chi connectivity index (χ3v) is 2.58. The van der Waals surface area contributed by atoms with Crippen molar-refractivity contribution >= 4 is 0 Å². The van der Waals surface area contributed by atoms with Gasteiger partial charge in [-0.25, -0.2) is 0 Å². The quantitative estimate of drug-likeness (QED) is 0.770. The Morgan fingerprint density at radius 2 is 1.73 bits per heavy atom. The Kier molecular flexibility index (Phi) is 4.56. The lowest BCUT2D eigenvalue weighted by Gasteiger charge is -2.35. The summed E-state index contributed by atoms with van der Waals surface area (Å²) in [4.78, 5) is 2.48. The molecule has 15 heavy (non-hydrogen) atoms. The van der Waals surface area contributed by atoms with Crippen LogP contribution in [0.1, 0.15) is 34.6 Å². The zero-order chi connectivity index (χ0) is 11.5. The minimum atomic E-state index is 0.226. The first-order valence-corrected chi connectivity index (χ1v) is 5.99. The third kappa shape index (κ3) is 5.50. The minimum Gasteiger partial charge on any atom is -0.373 e. The fourth-order valence-corrected chi connectivity index (χ4v) is 2.06. The van der Waals surface area contributed by atoms with Crippen molar-refractivity contribution < 1.29 is 4.74 Å². The molecule has 1 rings (SSSR count). The van der Waals surface area contributed by atoms with Gasteiger partial charge in [0.2, 0.25) is 0 Å². The SMILES string of the molecule is CC1CN(CCNC(C)(C)C)CC(C)O1. The van der Waals surface area contributed by atoms with Crippen molar-refractivity contribution in [3.8, 4) is 0 Å². The van der Waals surface area contributed by atoms with E-state index in [-0.39, 0.29) is 5.54 Å². The van der Waals surface area contributed by atoms with Gasteiger partial charge in [0.1, 0.15) is 0 Å². The number of rotatable bonds is 3. The molecule has 2 unspecified atom stereocenters. The standard InChI is InChI=1S/C12H26N2O/c1-10-8-14(9-11(2)15-10)7-6-13-12(3,4)5/h10-11,13H,6-9H2,1-5H3. The van der Waals surface area contributed by atoms with Gasteiger partial charge in [-0.1, -0.05) is 0 Å². The second kappa shape index (κ2) is 5.28. The molecule has 1 saturated heterocycles. The van der Waals surface area contributed by atoms with E-state index in [0.717, 1.165) is 26.2 Å². The number of nitrogens with one attached hydrogen (secondary N) is 1. The average molecular weight is 214 g/mol. The van der Waals surface area contributed by atoms with Crippen molar-refractivity contribution in [2.24, 2.45) is 0 Å². The molecule has 1 heterocycles. The molecule has 0 aromatic rings. The maximum Gasteiger partial charge on any atom is 0.0678 e. The van der Waals surface area contributed by atoms with Crippen LogP contribution in [0, 0.1) is 0 Å². The number of hydrogen-bond donors (Lipinski definition) is 1. The molecule has 0 saturated carbocycles. The van der Waals surface area contributed by atoms with Crippen molar-refractivity contribution in [1.29, 1.82) is 0 Å². The molecule has 0 bridgehead atoms. The van der Waals surface area contributed by atoms with E-state index in [2.05, 4.69) is 44.8 Å². The van der Waals surface area contributed by atoms with E-state index < -0.39 is 0 Å². The molecule has 0 amide bonds. The molecular formula is C12H26N2O. The Morgan fingerprint density at radius 3 is 2.20 bits per heavy atom. The van der Waals surface area contributed by atoms with E-state index in [1.54, 1.807) is 0 Å². The van der Waals surface area contributed by atoms with Crippen molar-refractivity contribution in [3.05, 3.63) is 0 Å². The summed E-state index contributed by atoms with van der Waals surface area (Å²) < 4.78 is 5.70. The fourth-order valence-electron chi connectivity index (χ4n) is 2.06. The third-order valence-electron chi connectivity index (χ3n) is 2.58. The summed E-state index contributed by atoms with van der Waals surface area (Å²) in [6.45, 7) is 15.2. The van der Waals surface area contributed by atoms with Crippen LogP contribution >= 0.6 is 0 Å². The van der Waals surface area contributed by atoms with E-state index in [4.69, 9.17) is 4.74 Å². The molecule has 1 aliphatic heterocycles. The van der Waals surface area contributed by atoms with Gasteiger partial charge < -0.3 is 10.1 Å². The summed E-state index contributed by atoms with van der Waals surface area (Å²) in [6.07, 6.45) is 0.756. The van der Waals surface area contributed by atoms with E-state index in [9.17, 15) is 0 Å². The molecule has 0 aliphatic carbocycles. The minimum absolute atomic E-state index is 0.226. The molecule has 0 aromatic carbocycles. The smallest absolute Gasteiger partial charge is 0.0678 e. The molecule has 0 aromatic heterocycles. The molecule has 90 valence electrons. The Hall–Kier alpha value is -0.120. The Labute approximate surface area is 94.2 Å². The van der Waals surface area contributed by atoms with Crippen molar-refractivity contribution in [1.82, 2.24) is 10.2 Å². The van der Waals surface area contributed by atoms with E-state index >= 15 is 0 Å². The van der Waals surface area contributed by atoms with Gasteiger partial charge in [0.05, 0.1) is 12.2 Å². The summed E-state index contributed by atoms with van der Waals surface area (Å²) >= 11 is 0. The Bertz CT molecular complexity index is 179. The first kappa shape index (κ1) is 12.9. The predicted octanol–water partition coefficient (Wildman–Crippen LogP) is 1.48. The molecule has 3 nitrogen and oxygen atoms in total. The maximum absolute atomic E-state index is 5.70. The normalized spacial score (nSPS) is 29.4. The lowest BCUT2D eigenvalue weighted by Crippen LogP contribution is -2.49. The van der Waals surface area contributed by atoms with Crippen LogP contribution in [-0.4, -0.2) is 48.8 Å². The monoisotopic (exact) mass is 214 g/mol. The fraction of sp³-hybridized carbons (Fsp3) is 1.00. The molecule has 0 spiro atoms. The Balaban J connectivity index is 2.21. The van der Waals surface area contributed by atoms with E-state index in [1.165, 1.54) is 0 Å². The van der Waals surface area contributed by atoms with Crippen LogP contribution in [-0.2, 0) is 4.74 Å². The van der Waals surface area contributed by atoms with Gasteiger partial charge in [-0.05, 0) is 34.6 Å². The van der Waals surface area contributed by atoms with Crippen LogP contribution in [0.5, 0.6) is 0 Å². The summed E-state index contributed by atoms with van der Waals surface area (Å²) in [6, 6.07) is 0. The van der Waals surface area contributed by atoms with E-state index in [1.807, 2.05) is 0 Å². The van der Waals surface area contributed by atoms with E-state index in [0.29, 0.717) is 12.2 Å². The van der Waals surface area contributed by atoms with Crippen LogP contribution in [0.15, 0.2) is 0 Å². The first-order chi connectivity index (χ1) is 6.87. The number of nitrogens with zero attached hydrogens (tertiary/aromatic N) is 1. The van der Waals surface area contributed by atoms with Crippen LogP contribution < -0.4 is 5.32 Å². The highest BCUT2D eigenvalue weighted by Gasteiger charge is 2.21. The second-order valence-corrected chi connectivity index (χ2v) is 5.69. The van der Waals surface area contributed by atoms with Gasteiger partial charge in [-0.15, -0.1) is 0 Å². The summed E-state index contributed by atoms with van der Waals surface area (Å²) in [5.41, 5.74) is 0.226. The predicted molar refractivity (Wildman–Crippen MR) is 64.2 cm³/mol. The lowest BCUT2D eigenvalue weighted by atomic mass is 10.1. The van der Waals surface area contributed by atoms with Crippen molar-refractivity contribution in [3.63, 3.8) is 0 Å². The molecular weight excluding hydrogens is 188 g/mol. The van der Waals surface area contributed by atoms with Gasteiger partial charge >= 0.3 is 0 Å². The highest BCUT2D eigenvalue weighted by atomic mass is 16.5. The van der Waals surface area contributed by atoms with Gasteiger partial charge in [0, 0.05) is 31.7 Å². The van der Waals surface area contributed by atoms with Crippen LogP contribution in [0.3, 0.4) is 0 Å². The van der Waals surface area contributed by atoms with Crippen LogP contribution in [0.2, 0.25) is 0 Å². The van der Waals surface area contributed by atoms with Crippen LogP contribution in [0.25, 0.3) is 0 Å². The molecule has 2 atom stereocenters. The molecule has 0 radical (unpaired) electrons. The Morgan fingerprint density at radius 1 is 1.20 bits per heavy atom. The van der Waals surface area contributed by atoms with Crippen LogP contribution in [0.4, 0.5) is 0 Å². The zero-order valence-electron chi connectivity index (χ0n) is 10.8. The summed E-state index contributed by atoms with van der Waals surface area (Å²) in [5.74, 6) is 0. The topological polar surface area (TPSA) is 24.5 Å². The largest absolute Gasteiger partial charge is 0.373 e. The molecule has 1 N–H and O–H groups in total. The molecule has 1 aliphatic rings. The van der Waals surface area contributed by atoms with Crippen molar-refractivity contribution in [2.75, 3.05) is 26.2 Å². The second-order valence-electron chi connectivity index (χ2n) is 5.69. The zero-order valence-corrected chi connectivity index (χ0v) is 10.8. The van der Waals surface area contributed by atoms with Gasteiger partial charge in [-0.3, -0.25) is 4.90 Å². The van der Waals surface area contributed by atoms with Gasteiger partial charge in [0.15, 0.2) is 0 Å². The molecule has 1 fully saturated rings. The maximum atomic E-state index is 5.70. The highest BCUT2D eigenvalue weighted by Crippen LogP contribution is 2.09. The first-order valence-electron chi connectivity index (χ1n) is 5.99. The number of ether oxygens (including phenoxy) is 1. The lowest BCUT2D eigenvalue weighted by molar-refractivity contribution is -0.0676. The highest BCUT2D eigenvalue weighted by molar-refractivity contribution is 4.76. The molecule has 3 heteroatoms. The summed E-state index contributed by atoms with van der Waals surface area (Å²) in [7, 11) is 0. The van der Waals surface area contributed by atoms with Gasteiger partial charge in [0.25, 0.3) is 0 Å². The van der Waals surface area contributed by atoms with Gasteiger partial charge in [-0.2, -0.15) is 0 Å². The van der Waals surface area contributed by atoms with Crippen molar-refractivity contribution in [2.45, 2.75) is 52.4 Å².